The normalized spacial score (nSPS) is 20.1. The molecule has 96 valence electrons. The minimum absolute atomic E-state index is 0.404. The fraction of sp³-hybridized carbons (Fsp3) is 0.385. The van der Waals surface area contributed by atoms with Crippen LogP contribution >= 0.6 is 0 Å². The lowest BCUT2D eigenvalue weighted by Gasteiger charge is -2.37. The standard InChI is InChI=1S/C13H16N2O3/c1-8(12(14)16)15-7-6-10(13(17)18)9-4-2-3-5-11(9)15/h2-5,8,10H,6-7H2,1H3,(H2,14,16)(H,17,18)/t8-,10-/m0/s1. The topological polar surface area (TPSA) is 83.6 Å². The number of carboxylic acid groups (broad SMARTS) is 1. The molecule has 0 saturated heterocycles. The molecule has 1 aliphatic heterocycles. The third kappa shape index (κ3) is 2.03. The number of rotatable bonds is 3. The second-order valence-electron chi connectivity index (χ2n) is 4.51. The summed E-state index contributed by atoms with van der Waals surface area (Å²) in [5, 5.41) is 9.21. The largest absolute Gasteiger partial charge is 0.481 e. The van der Waals surface area contributed by atoms with Gasteiger partial charge in [0.15, 0.2) is 0 Å². The Morgan fingerprint density at radius 2 is 2.11 bits per heavy atom. The third-order valence-corrected chi connectivity index (χ3v) is 3.46. The van der Waals surface area contributed by atoms with E-state index in [2.05, 4.69) is 0 Å². The molecule has 0 unspecified atom stereocenters. The third-order valence-electron chi connectivity index (χ3n) is 3.46. The van der Waals surface area contributed by atoms with Crippen molar-refractivity contribution in [1.82, 2.24) is 0 Å². The summed E-state index contributed by atoms with van der Waals surface area (Å²) in [5.41, 5.74) is 6.87. The molecule has 1 heterocycles. The van der Waals surface area contributed by atoms with E-state index in [0.29, 0.717) is 13.0 Å². The molecule has 1 aromatic rings. The van der Waals surface area contributed by atoms with Gasteiger partial charge in [-0.1, -0.05) is 18.2 Å². The molecular formula is C13H16N2O3. The molecule has 0 spiro atoms. The number of primary amides is 1. The van der Waals surface area contributed by atoms with Crippen molar-refractivity contribution in [2.75, 3.05) is 11.4 Å². The Hall–Kier alpha value is -2.04. The van der Waals surface area contributed by atoms with Crippen molar-refractivity contribution in [1.29, 1.82) is 0 Å². The van der Waals surface area contributed by atoms with Gasteiger partial charge in [0, 0.05) is 12.2 Å². The first-order valence-electron chi connectivity index (χ1n) is 5.90. The number of hydrogen-bond acceptors (Lipinski definition) is 3. The van der Waals surface area contributed by atoms with E-state index < -0.39 is 23.8 Å². The Morgan fingerprint density at radius 1 is 1.44 bits per heavy atom. The molecular weight excluding hydrogens is 232 g/mol. The van der Waals surface area contributed by atoms with E-state index in [1.165, 1.54) is 0 Å². The van der Waals surface area contributed by atoms with Crippen LogP contribution in [0.2, 0.25) is 0 Å². The van der Waals surface area contributed by atoms with Gasteiger partial charge in [-0.25, -0.2) is 0 Å². The maximum atomic E-state index is 11.3. The van der Waals surface area contributed by atoms with E-state index in [-0.39, 0.29) is 0 Å². The molecule has 0 radical (unpaired) electrons. The number of para-hydroxylation sites is 1. The summed E-state index contributed by atoms with van der Waals surface area (Å²) in [5.74, 6) is -1.73. The second kappa shape index (κ2) is 4.68. The van der Waals surface area contributed by atoms with Crippen molar-refractivity contribution in [2.24, 2.45) is 5.73 Å². The number of fused-ring (bicyclic) bond motifs is 1. The number of carboxylic acids is 1. The fourth-order valence-electron chi connectivity index (χ4n) is 2.40. The Morgan fingerprint density at radius 3 is 2.72 bits per heavy atom. The number of amides is 1. The van der Waals surface area contributed by atoms with Gasteiger partial charge >= 0.3 is 5.97 Å². The highest BCUT2D eigenvalue weighted by molar-refractivity contribution is 5.86. The van der Waals surface area contributed by atoms with Crippen LogP contribution in [0, 0.1) is 0 Å². The smallest absolute Gasteiger partial charge is 0.311 e. The molecule has 5 nitrogen and oxygen atoms in total. The van der Waals surface area contributed by atoms with Crippen LogP contribution in [-0.4, -0.2) is 29.6 Å². The first-order chi connectivity index (χ1) is 8.52. The highest BCUT2D eigenvalue weighted by Gasteiger charge is 2.32. The fourth-order valence-corrected chi connectivity index (χ4v) is 2.40. The van der Waals surface area contributed by atoms with Gasteiger partial charge in [-0.2, -0.15) is 0 Å². The van der Waals surface area contributed by atoms with Crippen LogP contribution in [-0.2, 0) is 9.59 Å². The molecule has 1 amide bonds. The summed E-state index contributed by atoms with van der Waals surface area (Å²) in [6, 6.07) is 6.86. The maximum absolute atomic E-state index is 11.3. The number of aliphatic carboxylic acids is 1. The molecule has 0 aromatic heterocycles. The van der Waals surface area contributed by atoms with Gasteiger partial charge in [0.2, 0.25) is 5.91 Å². The van der Waals surface area contributed by atoms with Gasteiger partial charge in [-0.15, -0.1) is 0 Å². The number of hydrogen-bond donors (Lipinski definition) is 2. The SMILES string of the molecule is C[C@@H](C(N)=O)N1CC[C@H](C(=O)O)c2ccccc21. The number of anilines is 1. The highest BCUT2D eigenvalue weighted by Crippen LogP contribution is 2.36. The molecule has 0 fully saturated rings. The van der Waals surface area contributed by atoms with Crippen LogP contribution in [0.4, 0.5) is 5.69 Å². The van der Waals surface area contributed by atoms with E-state index in [0.717, 1.165) is 11.3 Å². The number of nitrogens with zero attached hydrogens (tertiary/aromatic N) is 1. The average Bonchev–Trinajstić information content (AvgIpc) is 2.36. The first kappa shape index (κ1) is 12.4. The average molecular weight is 248 g/mol. The number of carbonyl (C=O) groups is 2. The van der Waals surface area contributed by atoms with E-state index >= 15 is 0 Å². The molecule has 0 saturated carbocycles. The Bertz CT molecular complexity index is 487. The predicted molar refractivity (Wildman–Crippen MR) is 67.4 cm³/mol. The summed E-state index contributed by atoms with van der Waals surface area (Å²) in [7, 11) is 0. The summed E-state index contributed by atoms with van der Waals surface area (Å²) in [6.45, 7) is 2.26. The van der Waals surface area contributed by atoms with Gasteiger partial charge in [-0.3, -0.25) is 9.59 Å². The lowest BCUT2D eigenvalue weighted by Crippen LogP contribution is -2.46. The lowest BCUT2D eigenvalue weighted by atomic mass is 9.89. The van der Waals surface area contributed by atoms with Crippen molar-refractivity contribution in [3.63, 3.8) is 0 Å². The van der Waals surface area contributed by atoms with Crippen molar-refractivity contribution in [3.05, 3.63) is 29.8 Å². The molecule has 3 N–H and O–H groups in total. The molecule has 0 aliphatic carbocycles. The van der Waals surface area contributed by atoms with Crippen LogP contribution < -0.4 is 10.6 Å². The maximum Gasteiger partial charge on any atom is 0.311 e. The summed E-state index contributed by atoms with van der Waals surface area (Å²) >= 11 is 0. The molecule has 5 heteroatoms. The molecule has 0 bridgehead atoms. The predicted octanol–water partition coefficient (Wildman–Crippen LogP) is 0.939. The van der Waals surface area contributed by atoms with Crippen LogP contribution in [0.5, 0.6) is 0 Å². The van der Waals surface area contributed by atoms with Crippen LogP contribution in [0.25, 0.3) is 0 Å². The van der Waals surface area contributed by atoms with E-state index in [4.69, 9.17) is 5.73 Å². The monoisotopic (exact) mass is 248 g/mol. The van der Waals surface area contributed by atoms with Crippen LogP contribution in [0.1, 0.15) is 24.8 Å². The van der Waals surface area contributed by atoms with Crippen molar-refractivity contribution in [3.8, 4) is 0 Å². The second-order valence-corrected chi connectivity index (χ2v) is 4.51. The lowest BCUT2D eigenvalue weighted by molar-refractivity contribution is -0.139. The van der Waals surface area contributed by atoms with Crippen LogP contribution in [0.15, 0.2) is 24.3 Å². The van der Waals surface area contributed by atoms with E-state index in [1.807, 2.05) is 23.1 Å². The van der Waals surface area contributed by atoms with Gasteiger partial charge in [0.1, 0.15) is 6.04 Å². The molecule has 2 atom stereocenters. The zero-order valence-electron chi connectivity index (χ0n) is 10.2. The molecule has 2 rings (SSSR count). The molecule has 1 aliphatic rings. The Labute approximate surface area is 105 Å². The summed E-state index contributed by atoms with van der Waals surface area (Å²) in [6.07, 6.45) is 0.490. The highest BCUT2D eigenvalue weighted by atomic mass is 16.4. The van der Waals surface area contributed by atoms with Gasteiger partial charge in [0.05, 0.1) is 5.92 Å². The van der Waals surface area contributed by atoms with Gasteiger partial charge in [-0.05, 0) is 25.0 Å². The zero-order chi connectivity index (χ0) is 13.3. The first-order valence-corrected chi connectivity index (χ1v) is 5.90. The molecule has 1 aromatic carbocycles. The zero-order valence-corrected chi connectivity index (χ0v) is 10.2. The Balaban J connectivity index is 2.42. The van der Waals surface area contributed by atoms with E-state index in [1.54, 1.807) is 13.0 Å². The number of benzene rings is 1. The number of carbonyl (C=O) groups excluding carboxylic acids is 1. The minimum atomic E-state index is -0.825. The van der Waals surface area contributed by atoms with E-state index in [9.17, 15) is 14.7 Å². The van der Waals surface area contributed by atoms with Gasteiger partial charge in [0.25, 0.3) is 0 Å². The van der Waals surface area contributed by atoms with Crippen LogP contribution in [0.3, 0.4) is 0 Å². The van der Waals surface area contributed by atoms with Crippen molar-refractivity contribution >= 4 is 17.6 Å². The van der Waals surface area contributed by atoms with Gasteiger partial charge < -0.3 is 15.7 Å². The quantitative estimate of drug-likeness (QED) is 0.833. The number of nitrogens with two attached hydrogens (primary N) is 1. The summed E-state index contributed by atoms with van der Waals surface area (Å²) < 4.78 is 0. The van der Waals surface area contributed by atoms with Crippen molar-refractivity contribution in [2.45, 2.75) is 25.3 Å². The summed E-state index contributed by atoms with van der Waals surface area (Å²) in [4.78, 5) is 24.4. The minimum Gasteiger partial charge on any atom is -0.481 e. The Kier molecular flexibility index (Phi) is 3.23. The molecule has 18 heavy (non-hydrogen) atoms. The van der Waals surface area contributed by atoms with Crippen molar-refractivity contribution < 1.29 is 14.7 Å².